The van der Waals surface area contributed by atoms with Crippen LogP contribution in [0, 0.1) is 5.82 Å². The molecule has 0 fully saturated rings. The van der Waals surface area contributed by atoms with E-state index in [-0.39, 0.29) is 0 Å². The highest BCUT2D eigenvalue weighted by Crippen LogP contribution is 2.21. The minimum absolute atomic E-state index is 0.473. The molecule has 0 radical (unpaired) electrons. The lowest BCUT2D eigenvalue weighted by atomic mass is 10.0. The van der Waals surface area contributed by atoms with E-state index in [4.69, 9.17) is 4.74 Å². The maximum Gasteiger partial charge on any atom is 0.402 e. The van der Waals surface area contributed by atoms with Gasteiger partial charge in [-0.05, 0) is 24.6 Å². The summed E-state index contributed by atoms with van der Waals surface area (Å²) in [4.78, 5) is 0. The van der Waals surface area contributed by atoms with Gasteiger partial charge in [-0.1, -0.05) is 12.1 Å². The van der Waals surface area contributed by atoms with Crippen molar-refractivity contribution >= 4 is 10.2 Å². The van der Waals surface area contributed by atoms with Gasteiger partial charge in [0.25, 0.3) is 10.2 Å². The third-order valence-corrected chi connectivity index (χ3v) is 3.92. The van der Waals surface area contributed by atoms with Gasteiger partial charge in [0.05, 0.1) is 12.1 Å². The van der Waals surface area contributed by atoms with E-state index in [0.29, 0.717) is 5.56 Å². The molecule has 1 aromatic carbocycles. The highest BCUT2D eigenvalue weighted by atomic mass is 32.2. The minimum atomic E-state index is -4.66. The highest BCUT2D eigenvalue weighted by molar-refractivity contribution is 7.87. The van der Waals surface area contributed by atoms with Crippen LogP contribution in [-0.4, -0.2) is 34.3 Å². The number of hydrogen-bond donors (Lipinski definition) is 2. The van der Waals surface area contributed by atoms with Crippen molar-refractivity contribution in [3.63, 3.8) is 0 Å². The number of ether oxygens (including phenoxy) is 1. The van der Waals surface area contributed by atoms with Crippen molar-refractivity contribution in [1.29, 1.82) is 0 Å². The van der Waals surface area contributed by atoms with Crippen molar-refractivity contribution in [3.05, 3.63) is 35.6 Å². The Morgan fingerprint density at radius 3 is 2.23 bits per heavy atom. The van der Waals surface area contributed by atoms with Crippen LogP contribution in [0.2, 0.25) is 0 Å². The van der Waals surface area contributed by atoms with E-state index in [9.17, 15) is 26.0 Å². The Bertz CT molecular complexity index is 575. The lowest BCUT2D eigenvalue weighted by Gasteiger charge is -2.24. The zero-order valence-corrected chi connectivity index (χ0v) is 12.6. The zero-order chi connectivity index (χ0) is 17.0. The molecule has 5 nitrogen and oxygen atoms in total. The first-order valence-corrected chi connectivity index (χ1v) is 7.64. The molecular weight excluding hydrogens is 328 g/mol. The van der Waals surface area contributed by atoms with Gasteiger partial charge in [-0.15, -0.1) is 0 Å². The maximum atomic E-state index is 12.9. The molecule has 0 saturated heterocycles. The van der Waals surface area contributed by atoms with Gasteiger partial charge in [-0.2, -0.15) is 31.0 Å². The van der Waals surface area contributed by atoms with Crippen molar-refractivity contribution in [1.82, 2.24) is 9.44 Å². The van der Waals surface area contributed by atoms with Crippen molar-refractivity contribution in [3.8, 4) is 0 Å². The van der Waals surface area contributed by atoms with E-state index in [2.05, 4.69) is 0 Å². The first-order valence-electron chi connectivity index (χ1n) is 6.16. The lowest BCUT2D eigenvalue weighted by Crippen LogP contribution is -2.46. The van der Waals surface area contributed by atoms with Crippen molar-refractivity contribution < 1.29 is 30.7 Å². The summed E-state index contributed by atoms with van der Waals surface area (Å²) >= 11 is 0. The number of nitrogens with one attached hydrogen (secondary N) is 2. The predicted octanol–water partition coefficient (Wildman–Crippen LogP) is 1.89. The highest BCUT2D eigenvalue weighted by Gasteiger charge is 2.31. The molecule has 1 aromatic rings. The molecule has 2 unspecified atom stereocenters. The molecule has 10 heteroatoms. The molecule has 0 amide bonds. The van der Waals surface area contributed by atoms with Crippen LogP contribution >= 0.6 is 0 Å². The summed E-state index contributed by atoms with van der Waals surface area (Å²) in [5, 5.41) is 0. The molecule has 0 aromatic heterocycles. The summed E-state index contributed by atoms with van der Waals surface area (Å²) in [7, 11) is -3.05. The van der Waals surface area contributed by atoms with E-state index in [0.717, 1.165) is 0 Å². The van der Waals surface area contributed by atoms with Crippen LogP contribution in [-0.2, 0) is 14.9 Å². The van der Waals surface area contributed by atoms with E-state index in [1.54, 1.807) is 0 Å². The number of rotatable bonds is 7. The van der Waals surface area contributed by atoms with Gasteiger partial charge in [0.1, 0.15) is 12.4 Å². The number of methoxy groups -OCH3 is 1. The fourth-order valence-corrected chi connectivity index (χ4v) is 2.86. The Labute approximate surface area is 125 Å². The number of hydrogen-bond acceptors (Lipinski definition) is 3. The topological polar surface area (TPSA) is 67.4 Å². The molecule has 0 aliphatic heterocycles. The SMILES string of the molecule is COC(c1ccc(F)cc1)C(C)NS(=O)(=O)NCC(F)(F)F. The minimum Gasteiger partial charge on any atom is -0.375 e. The molecule has 0 bridgehead atoms. The molecule has 22 heavy (non-hydrogen) atoms. The first-order chi connectivity index (χ1) is 10.0. The third kappa shape index (κ3) is 6.26. The van der Waals surface area contributed by atoms with Crippen LogP contribution in [0.4, 0.5) is 17.6 Å². The molecule has 0 saturated carbocycles. The molecule has 0 aliphatic carbocycles. The molecule has 0 aliphatic rings. The summed E-state index contributed by atoms with van der Waals surface area (Å²) < 4.78 is 80.6. The maximum absolute atomic E-state index is 12.9. The normalized spacial score (nSPS) is 15.5. The molecule has 126 valence electrons. The second-order valence-corrected chi connectivity index (χ2v) is 6.09. The van der Waals surface area contributed by atoms with E-state index >= 15 is 0 Å². The monoisotopic (exact) mass is 344 g/mol. The van der Waals surface area contributed by atoms with Gasteiger partial charge in [-0.25, -0.2) is 4.39 Å². The van der Waals surface area contributed by atoms with Gasteiger partial charge in [0, 0.05) is 7.11 Å². The Morgan fingerprint density at radius 1 is 1.23 bits per heavy atom. The van der Waals surface area contributed by atoms with Crippen molar-refractivity contribution in [2.75, 3.05) is 13.7 Å². The van der Waals surface area contributed by atoms with E-state index < -0.39 is 40.9 Å². The Kier molecular flexibility index (Phi) is 6.29. The average Bonchev–Trinajstić information content (AvgIpc) is 2.38. The van der Waals surface area contributed by atoms with Gasteiger partial charge in [0.2, 0.25) is 0 Å². The Hall–Kier alpha value is -1.23. The number of alkyl halides is 3. The molecule has 0 heterocycles. The fraction of sp³-hybridized carbons (Fsp3) is 0.500. The summed E-state index contributed by atoms with van der Waals surface area (Å²) in [6.07, 6.45) is -5.45. The largest absolute Gasteiger partial charge is 0.402 e. The standard InChI is InChI=1S/C12H16F4N2O3S/c1-8(18-22(19,20)17-7-12(14,15)16)11(21-2)9-3-5-10(13)6-4-9/h3-6,8,11,17-18H,7H2,1-2H3. The predicted molar refractivity (Wildman–Crippen MR) is 71.7 cm³/mol. The second-order valence-electron chi connectivity index (χ2n) is 4.55. The number of halogens is 4. The fourth-order valence-electron chi connectivity index (χ4n) is 1.81. The first kappa shape index (κ1) is 18.8. The van der Waals surface area contributed by atoms with Crippen LogP contribution < -0.4 is 9.44 Å². The van der Waals surface area contributed by atoms with Crippen molar-refractivity contribution in [2.24, 2.45) is 0 Å². The van der Waals surface area contributed by atoms with Gasteiger partial charge >= 0.3 is 6.18 Å². The molecule has 1 rings (SSSR count). The summed E-state index contributed by atoms with van der Waals surface area (Å²) in [5.41, 5.74) is 0.481. The van der Waals surface area contributed by atoms with Crippen LogP contribution in [0.15, 0.2) is 24.3 Å². The van der Waals surface area contributed by atoms with Crippen LogP contribution in [0.25, 0.3) is 0 Å². The number of benzene rings is 1. The smallest absolute Gasteiger partial charge is 0.375 e. The van der Waals surface area contributed by atoms with Gasteiger partial charge < -0.3 is 4.74 Å². The van der Waals surface area contributed by atoms with E-state index in [1.807, 2.05) is 4.72 Å². The second kappa shape index (κ2) is 7.36. The quantitative estimate of drug-likeness (QED) is 0.743. The van der Waals surface area contributed by atoms with Gasteiger partial charge in [-0.3, -0.25) is 0 Å². The zero-order valence-electron chi connectivity index (χ0n) is 11.8. The third-order valence-electron chi connectivity index (χ3n) is 2.71. The molecule has 2 atom stereocenters. The summed E-state index contributed by atoms with van der Waals surface area (Å²) in [6, 6.07) is 4.27. The van der Waals surface area contributed by atoms with Gasteiger partial charge in [0.15, 0.2) is 0 Å². The Morgan fingerprint density at radius 2 is 1.77 bits per heavy atom. The van der Waals surface area contributed by atoms with E-state index in [1.165, 1.54) is 43.0 Å². The Balaban J connectivity index is 2.76. The lowest BCUT2D eigenvalue weighted by molar-refractivity contribution is -0.121. The summed E-state index contributed by atoms with van der Waals surface area (Å²) in [6.45, 7) is -0.256. The van der Waals surface area contributed by atoms with Crippen molar-refractivity contribution in [2.45, 2.75) is 25.2 Å². The molecular formula is C12H16F4N2O3S. The van der Waals surface area contributed by atoms with Crippen LogP contribution in [0.5, 0.6) is 0 Å². The molecule has 0 spiro atoms. The van der Waals surface area contributed by atoms with Crippen LogP contribution in [0.3, 0.4) is 0 Å². The summed E-state index contributed by atoms with van der Waals surface area (Å²) in [5.74, 6) is -0.473. The molecule has 2 N–H and O–H groups in total. The van der Waals surface area contributed by atoms with Crippen LogP contribution in [0.1, 0.15) is 18.6 Å². The average molecular weight is 344 g/mol.